The number of hydrogen-bond donors (Lipinski definition) is 2. The zero-order valence-corrected chi connectivity index (χ0v) is 11.2. The first-order valence-corrected chi connectivity index (χ1v) is 6.56. The summed E-state index contributed by atoms with van der Waals surface area (Å²) in [4.78, 5) is 16.8. The van der Waals surface area contributed by atoms with Gasteiger partial charge in [-0.05, 0) is 34.1 Å². The van der Waals surface area contributed by atoms with E-state index in [0.29, 0.717) is 18.1 Å². The molecule has 0 radical (unpaired) electrons. The summed E-state index contributed by atoms with van der Waals surface area (Å²) in [5, 5.41) is 4.76. The highest BCUT2D eigenvalue weighted by atomic mass is 79.9. The molecule has 3 N–H and O–H groups in total. The molecule has 0 aliphatic heterocycles. The van der Waals surface area contributed by atoms with Gasteiger partial charge in [0.05, 0.1) is 6.54 Å². The topological polar surface area (TPSA) is 68.0 Å². The van der Waals surface area contributed by atoms with Crippen LogP contribution >= 0.6 is 27.3 Å². The SMILES string of the molecule is Nc1cccc(C(=O)NCc2cc(Br)cs2)n1. The van der Waals surface area contributed by atoms with Crippen LogP contribution < -0.4 is 11.1 Å². The van der Waals surface area contributed by atoms with Crippen molar-refractivity contribution in [3.63, 3.8) is 0 Å². The lowest BCUT2D eigenvalue weighted by molar-refractivity contribution is 0.0946. The van der Waals surface area contributed by atoms with E-state index in [-0.39, 0.29) is 5.91 Å². The largest absolute Gasteiger partial charge is 0.384 e. The number of nitrogens with zero attached hydrogens (tertiary/aromatic N) is 1. The molecule has 0 bridgehead atoms. The molecule has 2 aromatic rings. The maximum Gasteiger partial charge on any atom is 0.270 e. The fourth-order valence-electron chi connectivity index (χ4n) is 1.28. The number of nitrogen functional groups attached to an aromatic ring is 1. The Morgan fingerprint density at radius 2 is 2.35 bits per heavy atom. The standard InChI is InChI=1S/C11H10BrN3OS/c12-7-4-8(17-6-7)5-14-11(16)9-2-1-3-10(13)15-9/h1-4,6H,5H2,(H2,13,15)(H,14,16). The van der Waals surface area contributed by atoms with Gasteiger partial charge in [-0.25, -0.2) is 4.98 Å². The monoisotopic (exact) mass is 311 g/mol. The van der Waals surface area contributed by atoms with Gasteiger partial charge in [-0.1, -0.05) is 6.07 Å². The average molecular weight is 312 g/mol. The Labute approximate surface area is 111 Å². The van der Waals surface area contributed by atoms with Crippen LogP contribution in [0.1, 0.15) is 15.4 Å². The van der Waals surface area contributed by atoms with Gasteiger partial charge in [-0.3, -0.25) is 4.79 Å². The zero-order chi connectivity index (χ0) is 12.3. The van der Waals surface area contributed by atoms with Crippen molar-refractivity contribution in [1.82, 2.24) is 10.3 Å². The third-order valence-electron chi connectivity index (χ3n) is 2.05. The molecule has 0 spiro atoms. The molecular weight excluding hydrogens is 302 g/mol. The Morgan fingerprint density at radius 3 is 3.00 bits per heavy atom. The summed E-state index contributed by atoms with van der Waals surface area (Å²) in [6.07, 6.45) is 0. The maximum absolute atomic E-state index is 11.7. The first-order chi connectivity index (χ1) is 8.15. The van der Waals surface area contributed by atoms with Gasteiger partial charge in [0.25, 0.3) is 5.91 Å². The van der Waals surface area contributed by atoms with Crippen molar-refractivity contribution in [1.29, 1.82) is 0 Å². The molecular formula is C11H10BrN3OS. The highest BCUT2D eigenvalue weighted by Crippen LogP contribution is 2.19. The second-order valence-electron chi connectivity index (χ2n) is 3.36. The van der Waals surface area contributed by atoms with Crippen LogP contribution in [-0.4, -0.2) is 10.9 Å². The number of amides is 1. The fourth-order valence-corrected chi connectivity index (χ4v) is 2.67. The number of carbonyl (C=O) groups excluding carboxylic acids is 1. The van der Waals surface area contributed by atoms with Crippen LogP contribution in [0.5, 0.6) is 0 Å². The summed E-state index contributed by atoms with van der Waals surface area (Å²) in [7, 11) is 0. The number of nitrogens with two attached hydrogens (primary N) is 1. The van der Waals surface area contributed by atoms with Crippen LogP contribution in [-0.2, 0) is 6.54 Å². The van der Waals surface area contributed by atoms with E-state index >= 15 is 0 Å². The highest BCUT2D eigenvalue weighted by molar-refractivity contribution is 9.10. The van der Waals surface area contributed by atoms with Gasteiger partial charge in [0.1, 0.15) is 11.5 Å². The summed E-state index contributed by atoms with van der Waals surface area (Å²) >= 11 is 4.95. The lowest BCUT2D eigenvalue weighted by Gasteiger charge is -2.03. The number of thiophene rings is 1. The molecule has 0 saturated carbocycles. The second kappa shape index (κ2) is 5.29. The number of pyridine rings is 1. The molecule has 6 heteroatoms. The number of halogens is 1. The molecule has 4 nitrogen and oxygen atoms in total. The summed E-state index contributed by atoms with van der Waals surface area (Å²) in [5.74, 6) is 0.123. The smallest absolute Gasteiger partial charge is 0.270 e. The minimum absolute atomic E-state index is 0.221. The van der Waals surface area contributed by atoms with Crippen LogP contribution in [0.4, 0.5) is 5.82 Å². The minimum Gasteiger partial charge on any atom is -0.384 e. The number of nitrogens with one attached hydrogen (secondary N) is 1. The Balaban J connectivity index is 1.98. The lowest BCUT2D eigenvalue weighted by atomic mass is 10.3. The highest BCUT2D eigenvalue weighted by Gasteiger charge is 2.07. The van der Waals surface area contributed by atoms with E-state index in [1.54, 1.807) is 29.5 Å². The molecule has 0 aliphatic rings. The molecule has 2 rings (SSSR count). The van der Waals surface area contributed by atoms with E-state index in [4.69, 9.17) is 5.73 Å². The molecule has 2 aromatic heterocycles. The number of carbonyl (C=O) groups is 1. The van der Waals surface area contributed by atoms with E-state index in [1.807, 2.05) is 11.4 Å². The van der Waals surface area contributed by atoms with Crippen molar-refractivity contribution in [3.8, 4) is 0 Å². The number of rotatable bonds is 3. The van der Waals surface area contributed by atoms with Crippen LogP contribution in [0.25, 0.3) is 0 Å². The predicted octanol–water partition coefficient (Wildman–Crippen LogP) is 2.42. The molecule has 17 heavy (non-hydrogen) atoms. The number of hydrogen-bond acceptors (Lipinski definition) is 4. The Morgan fingerprint density at radius 1 is 1.53 bits per heavy atom. The van der Waals surface area contributed by atoms with Gasteiger partial charge in [0.15, 0.2) is 0 Å². The van der Waals surface area contributed by atoms with Gasteiger partial charge < -0.3 is 11.1 Å². The van der Waals surface area contributed by atoms with Crippen LogP contribution in [0.2, 0.25) is 0 Å². The second-order valence-corrected chi connectivity index (χ2v) is 5.27. The van der Waals surface area contributed by atoms with Crippen molar-refractivity contribution < 1.29 is 4.79 Å². The van der Waals surface area contributed by atoms with Crippen molar-refractivity contribution in [2.24, 2.45) is 0 Å². The minimum atomic E-state index is -0.221. The quantitative estimate of drug-likeness (QED) is 0.914. The van der Waals surface area contributed by atoms with Gasteiger partial charge in [-0.15, -0.1) is 11.3 Å². The molecule has 0 aliphatic carbocycles. The molecule has 0 aromatic carbocycles. The molecule has 0 atom stereocenters. The van der Waals surface area contributed by atoms with Gasteiger partial charge in [0.2, 0.25) is 0 Å². The summed E-state index contributed by atoms with van der Waals surface area (Å²) < 4.78 is 1.02. The van der Waals surface area contributed by atoms with Crippen molar-refractivity contribution in [2.45, 2.75) is 6.54 Å². The normalized spacial score (nSPS) is 10.2. The van der Waals surface area contributed by atoms with Crippen molar-refractivity contribution >= 4 is 39.0 Å². The molecule has 0 fully saturated rings. The van der Waals surface area contributed by atoms with Crippen LogP contribution in [0, 0.1) is 0 Å². The Bertz CT molecular complexity index is 541. The van der Waals surface area contributed by atoms with Crippen molar-refractivity contribution in [3.05, 3.63) is 44.7 Å². The van der Waals surface area contributed by atoms with E-state index in [1.165, 1.54) is 0 Å². The first-order valence-electron chi connectivity index (χ1n) is 4.89. The third kappa shape index (κ3) is 3.28. The van der Waals surface area contributed by atoms with E-state index in [2.05, 4.69) is 26.2 Å². The summed E-state index contributed by atoms with van der Waals surface area (Å²) in [6.45, 7) is 0.492. The average Bonchev–Trinajstić information content (AvgIpc) is 2.72. The number of anilines is 1. The van der Waals surface area contributed by atoms with Gasteiger partial charge >= 0.3 is 0 Å². The lowest BCUT2D eigenvalue weighted by Crippen LogP contribution is -2.23. The molecule has 2 heterocycles. The summed E-state index contributed by atoms with van der Waals surface area (Å²) in [6, 6.07) is 6.96. The van der Waals surface area contributed by atoms with Crippen LogP contribution in [0.15, 0.2) is 34.1 Å². The van der Waals surface area contributed by atoms with Crippen LogP contribution in [0.3, 0.4) is 0 Å². The summed E-state index contributed by atoms with van der Waals surface area (Å²) in [5.41, 5.74) is 5.85. The number of aromatic nitrogens is 1. The third-order valence-corrected chi connectivity index (χ3v) is 3.75. The Hall–Kier alpha value is -1.40. The van der Waals surface area contributed by atoms with Gasteiger partial charge in [0, 0.05) is 14.7 Å². The molecule has 1 amide bonds. The van der Waals surface area contributed by atoms with E-state index < -0.39 is 0 Å². The molecule has 0 saturated heterocycles. The Kier molecular flexibility index (Phi) is 3.75. The van der Waals surface area contributed by atoms with E-state index in [0.717, 1.165) is 9.35 Å². The molecule has 0 unspecified atom stereocenters. The zero-order valence-electron chi connectivity index (χ0n) is 8.81. The predicted molar refractivity (Wildman–Crippen MR) is 71.8 cm³/mol. The van der Waals surface area contributed by atoms with Crippen molar-refractivity contribution in [2.75, 3.05) is 5.73 Å². The fraction of sp³-hybridized carbons (Fsp3) is 0.0909. The molecule has 88 valence electrons. The maximum atomic E-state index is 11.7. The first kappa shape index (κ1) is 12.1. The van der Waals surface area contributed by atoms with Gasteiger partial charge in [-0.2, -0.15) is 0 Å². The van der Waals surface area contributed by atoms with E-state index in [9.17, 15) is 4.79 Å².